The first kappa shape index (κ1) is 21.6. The summed E-state index contributed by atoms with van der Waals surface area (Å²) in [6.45, 7) is 8.02. The molecule has 5 nitrogen and oxygen atoms in total. The second-order valence-electron chi connectivity index (χ2n) is 10.5. The first-order chi connectivity index (χ1) is 16.7. The molecule has 1 heterocycles. The van der Waals surface area contributed by atoms with E-state index >= 15 is 0 Å². The van der Waals surface area contributed by atoms with Gasteiger partial charge in [0.15, 0.2) is 0 Å². The van der Waals surface area contributed by atoms with Crippen LogP contribution in [0.25, 0.3) is 0 Å². The van der Waals surface area contributed by atoms with Gasteiger partial charge < -0.3 is 9.31 Å². The number of nitrogens with zero attached hydrogens (tertiary/aromatic N) is 3. The first-order valence-corrected chi connectivity index (χ1v) is 11.7. The van der Waals surface area contributed by atoms with Gasteiger partial charge in [0.2, 0.25) is 0 Å². The van der Waals surface area contributed by atoms with Gasteiger partial charge in [-0.3, -0.25) is 0 Å². The minimum Gasteiger partial charge on any atom is -0.399 e. The maximum atomic E-state index is 10.1. The van der Waals surface area contributed by atoms with Crippen molar-refractivity contribution in [3.63, 3.8) is 0 Å². The molecule has 0 atom stereocenters. The van der Waals surface area contributed by atoms with Crippen LogP contribution in [0.15, 0.2) is 48.5 Å². The van der Waals surface area contributed by atoms with Gasteiger partial charge in [0.1, 0.15) is 0 Å². The summed E-state index contributed by atoms with van der Waals surface area (Å²) in [5, 5.41) is 29.2. The van der Waals surface area contributed by atoms with E-state index in [4.69, 9.17) is 9.31 Å². The Labute approximate surface area is 205 Å². The molecule has 3 aromatic carbocycles. The van der Waals surface area contributed by atoms with Crippen LogP contribution in [0.2, 0.25) is 0 Å². The van der Waals surface area contributed by atoms with E-state index in [1.54, 1.807) is 0 Å². The zero-order valence-corrected chi connectivity index (χ0v) is 20.0. The highest BCUT2D eigenvalue weighted by atomic mass is 16.7. The third-order valence-corrected chi connectivity index (χ3v) is 8.18. The molecule has 6 heteroatoms. The lowest BCUT2D eigenvalue weighted by Gasteiger charge is -2.42. The molecule has 2 bridgehead atoms. The topological polar surface area (TPSA) is 89.8 Å². The highest BCUT2D eigenvalue weighted by Crippen LogP contribution is 2.56. The van der Waals surface area contributed by atoms with Crippen LogP contribution in [-0.2, 0) is 9.31 Å². The Morgan fingerprint density at radius 1 is 0.629 bits per heavy atom. The standard InChI is InChI=1S/C29H22BN3O2/c1-28(2)29(3,4)35-30(34-28)25-12-24-23(11-18(25)15-33)27-21-9-16(13-31)5-7-19(21)26(24)20-8-6-17(14-32)10-22(20)27/h5-12,26-27H,1-4H3. The summed E-state index contributed by atoms with van der Waals surface area (Å²) in [5.74, 6) is -0.213. The molecule has 0 spiro atoms. The lowest BCUT2D eigenvalue weighted by atomic mass is 9.59. The number of hydrogen-bond acceptors (Lipinski definition) is 5. The van der Waals surface area contributed by atoms with Crippen LogP contribution in [0.5, 0.6) is 0 Å². The number of benzene rings is 3. The Morgan fingerprint density at radius 3 is 1.57 bits per heavy atom. The molecule has 3 aliphatic carbocycles. The van der Waals surface area contributed by atoms with E-state index in [9.17, 15) is 15.8 Å². The largest absolute Gasteiger partial charge is 0.496 e. The minimum absolute atomic E-state index is 0.0607. The van der Waals surface area contributed by atoms with Crippen LogP contribution in [-0.4, -0.2) is 18.3 Å². The van der Waals surface area contributed by atoms with Crippen molar-refractivity contribution in [1.82, 2.24) is 0 Å². The lowest BCUT2D eigenvalue weighted by molar-refractivity contribution is 0.00578. The molecule has 7 rings (SSSR count). The van der Waals surface area contributed by atoms with Gasteiger partial charge in [-0.1, -0.05) is 18.2 Å². The highest BCUT2D eigenvalue weighted by Gasteiger charge is 2.53. The normalized spacial score (nSPS) is 21.8. The molecule has 1 fully saturated rings. The van der Waals surface area contributed by atoms with Gasteiger partial charge in [0, 0.05) is 17.3 Å². The fraction of sp³-hybridized carbons (Fsp3) is 0.276. The molecular formula is C29H22BN3O2. The van der Waals surface area contributed by atoms with Crippen LogP contribution in [0.1, 0.15) is 89.6 Å². The number of nitriles is 3. The van der Waals surface area contributed by atoms with Crippen molar-refractivity contribution in [3.05, 3.63) is 98.6 Å². The van der Waals surface area contributed by atoms with Crippen molar-refractivity contribution in [2.45, 2.75) is 50.7 Å². The molecule has 168 valence electrons. The van der Waals surface area contributed by atoms with E-state index < -0.39 is 18.3 Å². The van der Waals surface area contributed by atoms with E-state index in [0.29, 0.717) is 16.7 Å². The second kappa shape index (κ2) is 7.06. The monoisotopic (exact) mass is 455 g/mol. The summed E-state index contributed by atoms with van der Waals surface area (Å²) >= 11 is 0. The summed E-state index contributed by atoms with van der Waals surface area (Å²) in [6, 6.07) is 22.6. The maximum absolute atomic E-state index is 10.1. The van der Waals surface area contributed by atoms with Crippen LogP contribution in [0.4, 0.5) is 0 Å². The zero-order valence-electron chi connectivity index (χ0n) is 20.0. The summed E-state index contributed by atoms with van der Waals surface area (Å²) in [4.78, 5) is 0. The van der Waals surface area contributed by atoms with Crippen LogP contribution < -0.4 is 5.46 Å². The van der Waals surface area contributed by atoms with Gasteiger partial charge in [-0.2, -0.15) is 15.8 Å². The van der Waals surface area contributed by atoms with Crippen molar-refractivity contribution in [2.75, 3.05) is 0 Å². The van der Waals surface area contributed by atoms with Gasteiger partial charge in [-0.15, -0.1) is 0 Å². The molecule has 4 aliphatic rings. The number of rotatable bonds is 1. The highest BCUT2D eigenvalue weighted by molar-refractivity contribution is 6.63. The molecule has 1 saturated heterocycles. The van der Waals surface area contributed by atoms with Gasteiger partial charge in [0.05, 0.1) is 46.1 Å². The molecule has 0 N–H and O–H groups in total. The molecule has 0 saturated carbocycles. The quantitative estimate of drug-likeness (QED) is 0.345. The zero-order chi connectivity index (χ0) is 24.7. The van der Waals surface area contributed by atoms with Crippen LogP contribution >= 0.6 is 0 Å². The predicted octanol–water partition coefficient (Wildman–Crippen LogP) is 4.59. The summed E-state index contributed by atoms with van der Waals surface area (Å²) in [7, 11) is -0.638. The van der Waals surface area contributed by atoms with E-state index in [1.807, 2.05) is 70.2 Å². The predicted molar refractivity (Wildman–Crippen MR) is 131 cm³/mol. The van der Waals surface area contributed by atoms with E-state index in [1.165, 1.54) is 0 Å². The van der Waals surface area contributed by atoms with Crippen molar-refractivity contribution in [3.8, 4) is 18.2 Å². The third kappa shape index (κ3) is 2.87. The van der Waals surface area contributed by atoms with Crippen molar-refractivity contribution in [2.24, 2.45) is 0 Å². The second-order valence-corrected chi connectivity index (χ2v) is 10.5. The average Bonchev–Trinajstić information content (AvgIpc) is 3.08. The molecule has 0 unspecified atom stereocenters. The molecule has 35 heavy (non-hydrogen) atoms. The summed E-state index contributed by atoms with van der Waals surface area (Å²) < 4.78 is 12.6. The smallest absolute Gasteiger partial charge is 0.399 e. The van der Waals surface area contributed by atoms with Gasteiger partial charge in [-0.25, -0.2) is 0 Å². The Balaban J connectivity index is 1.59. The van der Waals surface area contributed by atoms with E-state index in [0.717, 1.165) is 38.8 Å². The summed E-state index contributed by atoms with van der Waals surface area (Å²) in [5.41, 5.74) is 8.04. The SMILES string of the molecule is CC1(C)OB(c2cc3c(cc2C#N)C2c4cc(C#N)ccc4C3c3ccc(C#N)cc32)OC1(C)C. The van der Waals surface area contributed by atoms with Crippen molar-refractivity contribution < 1.29 is 9.31 Å². The fourth-order valence-corrected chi connectivity index (χ4v) is 5.73. The van der Waals surface area contributed by atoms with Gasteiger partial charge >= 0.3 is 7.12 Å². The number of hydrogen-bond donors (Lipinski definition) is 0. The third-order valence-electron chi connectivity index (χ3n) is 8.18. The lowest BCUT2D eigenvalue weighted by Crippen LogP contribution is -2.41. The van der Waals surface area contributed by atoms with Crippen LogP contribution in [0, 0.1) is 34.0 Å². The van der Waals surface area contributed by atoms with Gasteiger partial charge in [0.25, 0.3) is 0 Å². The Kier molecular flexibility index (Phi) is 4.37. The fourth-order valence-electron chi connectivity index (χ4n) is 5.73. The summed E-state index contributed by atoms with van der Waals surface area (Å²) in [6.07, 6.45) is 0. The Morgan fingerprint density at radius 2 is 1.09 bits per heavy atom. The van der Waals surface area contributed by atoms with Crippen LogP contribution in [0.3, 0.4) is 0 Å². The molecule has 0 radical (unpaired) electrons. The minimum atomic E-state index is -0.638. The molecule has 3 aromatic rings. The molecule has 0 aromatic heterocycles. The van der Waals surface area contributed by atoms with Gasteiger partial charge in [-0.05, 0) is 91.4 Å². The first-order valence-electron chi connectivity index (χ1n) is 11.7. The average molecular weight is 455 g/mol. The molecular weight excluding hydrogens is 433 g/mol. The van der Waals surface area contributed by atoms with E-state index in [2.05, 4.69) is 24.3 Å². The Hall–Kier alpha value is -3.89. The molecule has 1 aliphatic heterocycles. The Bertz CT molecular complexity index is 1490. The van der Waals surface area contributed by atoms with Crippen molar-refractivity contribution in [1.29, 1.82) is 15.8 Å². The van der Waals surface area contributed by atoms with Crippen molar-refractivity contribution >= 4 is 12.6 Å². The molecule has 0 amide bonds. The maximum Gasteiger partial charge on any atom is 0.496 e. The van der Waals surface area contributed by atoms with E-state index in [-0.39, 0.29) is 11.8 Å².